The summed E-state index contributed by atoms with van der Waals surface area (Å²) in [7, 11) is -9.37. The van der Waals surface area contributed by atoms with Gasteiger partial charge in [-0.3, -0.25) is 13.9 Å². The molecule has 0 bridgehead atoms. The smallest absolute Gasteiger partial charge is 0.469 e. The Kier molecular flexibility index (Phi) is 6.39. The molecule has 1 heterocycles. The second kappa shape index (κ2) is 8.22. The summed E-state index contributed by atoms with van der Waals surface area (Å²) >= 11 is 0. The molecule has 0 amide bonds. The van der Waals surface area contributed by atoms with Gasteiger partial charge in [0.05, 0.1) is 28.4 Å². The summed E-state index contributed by atoms with van der Waals surface area (Å²) in [6, 6.07) is 4.79. The maximum Gasteiger partial charge on any atom is 0.469 e. The first kappa shape index (κ1) is 21.8. The summed E-state index contributed by atoms with van der Waals surface area (Å²) in [5, 5.41) is 17.4. The van der Waals surface area contributed by atoms with Gasteiger partial charge in [-0.2, -0.15) is 8.42 Å². The van der Waals surface area contributed by atoms with E-state index in [1.807, 2.05) is 0 Å². The average molecular weight is 431 g/mol. The van der Waals surface area contributed by atoms with Crippen LogP contribution in [0.1, 0.15) is 21.6 Å². The first-order valence-corrected chi connectivity index (χ1v) is 10.3. The van der Waals surface area contributed by atoms with Crippen LogP contribution in [-0.4, -0.2) is 39.1 Å². The molecule has 2 aromatic rings. The minimum absolute atomic E-state index is 0.00263. The lowest BCUT2D eigenvalue weighted by atomic mass is 10.1. The Morgan fingerprint density at radius 2 is 1.96 bits per heavy atom. The molecule has 0 aliphatic rings. The van der Waals surface area contributed by atoms with Crippen molar-refractivity contribution in [3.05, 3.63) is 41.1 Å². The lowest BCUT2D eigenvalue weighted by molar-refractivity contribution is 0.111. The van der Waals surface area contributed by atoms with Gasteiger partial charge in [0.15, 0.2) is 12.1 Å². The molecule has 12 nitrogen and oxygen atoms in total. The van der Waals surface area contributed by atoms with E-state index in [2.05, 4.69) is 19.7 Å². The number of hydrogen-bond acceptors (Lipinski definition) is 9. The highest BCUT2D eigenvalue weighted by Gasteiger charge is 2.22. The number of aromatic hydroxyl groups is 1. The summed E-state index contributed by atoms with van der Waals surface area (Å²) in [6.07, 6.45) is 0.236. The monoisotopic (exact) mass is 431 g/mol. The summed E-state index contributed by atoms with van der Waals surface area (Å²) in [6.45, 7) is 0.548. The van der Waals surface area contributed by atoms with E-state index in [-0.39, 0.29) is 34.6 Å². The molecule has 0 radical (unpaired) electrons. The molecule has 2 rings (SSSR count). The third-order valence-electron chi connectivity index (χ3n) is 3.34. The Morgan fingerprint density at radius 1 is 1.29 bits per heavy atom. The van der Waals surface area contributed by atoms with Crippen molar-refractivity contribution in [2.75, 3.05) is 0 Å². The van der Waals surface area contributed by atoms with Crippen molar-refractivity contribution in [2.24, 2.45) is 10.2 Å². The summed E-state index contributed by atoms with van der Waals surface area (Å²) in [5.41, 5.74) is -0.600. The van der Waals surface area contributed by atoms with Gasteiger partial charge < -0.3 is 14.9 Å². The van der Waals surface area contributed by atoms with Crippen LogP contribution in [-0.2, 0) is 25.8 Å². The van der Waals surface area contributed by atoms with Crippen LogP contribution >= 0.6 is 7.82 Å². The molecule has 0 aliphatic carbocycles. The predicted molar refractivity (Wildman–Crippen MR) is 93.3 cm³/mol. The highest BCUT2D eigenvalue weighted by atomic mass is 32.2. The standard InChI is InChI=1S/C14H14N3O9PS/c1-8-13(19)11(6-18)12(7-26-27(20,21)22)14(15-8)17-16-9-3-2-4-10(5-9)28(23,24)25/h2-6,19H,7H2,1H3,(H2,20,21,22)(H,23,24,25)/b17-16+. The Balaban J connectivity index is 2.52. The van der Waals surface area contributed by atoms with Crippen LogP contribution in [0.3, 0.4) is 0 Å². The zero-order valence-electron chi connectivity index (χ0n) is 14.1. The van der Waals surface area contributed by atoms with E-state index in [1.54, 1.807) is 0 Å². The Bertz CT molecular complexity index is 1100. The molecule has 1 aromatic carbocycles. The van der Waals surface area contributed by atoms with Crippen molar-refractivity contribution in [2.45, 2.75) is 18.4 Å². The number of aryl methyl sites for hydroxylation is 1. The number of aromatic nitrogens is 1. The third-order valence-corrected chi connectivity index (χ3v) is 4.65. The SMILES string of the molecule is Cc1nc(/N=N/c2cccc(S(=O)(=O)O)c2)c(COP(=O)(O)O)c(C=O)c1O. The number of phosphoric ester groups is 1. The number of rotatable bonds is 7. The van der Waals surface area contributed by atoms with Crippen molar-refractivity contribution in [1.29, 1.82) is 0 Å². The van der Waals surface area contributed by atoms with Gasteiger partial charge >= 0.3 is 7.82 Å². The van der Waals surface area contributed by atoms with Gasteiger partial charge in [0.2, 0.25) is 0 Å². The molecular formula is C14H14N3O9PS. The number of benzene rings is 1. The molecule has 14 heteroatoms. The van der Waals surface area contributed by atoms with E-state index in [9.17, 15) is 22.9 Å². The fourth-order valence-corrected chi connectivity index (χ4v) is 2.87. The number of hydrogen-bond donors (Lipinski definition) is 4. The number of azo groups is 1. The zero-order chi connectivity index (χ0) is 21.1. The summed E-state index contributed by atoms with van der Waals surface area (Å²) in [4.78, 5) is 32.5. The van der Waals surface area contributed by atoms with Crippen LogP contribution in [0, 0.1) is 6.92 Å². The number of nitrogens with zero attached hydrogens (tertiary/aromatic N) is 3. The summed E-state index contributed by atoms with van der Waals surface area (Å²) < 4.78 is 46.7. The van der Waals surface area contributed by atoms with Crippen molar-refractivity contribution in [3.8, 4) is 5.75 Å². The maximum atomic E-state index is 11.3. The number of carbonyl (C=O) groups is 1. The molecule has 0 unspecified atom stereocenters. The Labute approximate surface area is 158 Å². The van der Waals surface area contributed by atoms with Gasteiger partial charge in [-0.15, -0.1) is 10.2 Å². The van der Waals surface area contributed by atoms with Crippen LogP contribution in [0.15, 0.2) is 39.4 Å². The van der Waals surface area contributed by atoms with E-state index in [0.717, 1.165) is 12.1 Å². The molecule has 0 saturated heterocycles. The van der Waals surface area contributed by atoms with Gasteiger partial charge in [-0.05, 0) is 25.1 Å². The largest absolute Gasteiger partial charge is 0.505 e. The van der Waals surface area contributed by atoms with Crippen LogP contribution < -0.4 is 0 Å². The van der Waals surface area contributed by atoms with Crippen LogP contribution in [0.5, 0.6) is 5.75 Å². The maximum absolute atomic E-state index is 11.3. The first-order valence-electron chi connectivity index (χ1n) is 7.29. The quantitative estimate of drug-likeness (QED) is 0.218. The lowest BCUT2D eigenvalue weighted by Gasteiger charge is -2.12. The number of phosphoric acid groups is 1. The zero-order valence-corrected chi connectivity index (χ0v) is 15.8. The summed E-state index contributed by atoms with van der Waals surface area (Å²) in [5.74, 6) is -0.810. The minimum atomic E-state index is -4.90. The van der Waals surface area contributed by atoms with Gasteiger partial charge in [0.1, 0.15) is 5.75 Å². The van der Waals surface area contributed by atoms with Crippen molar-refractivity contribution in [1.82, 2.24) is 4.98 Å². The van der Waals surface area contributed by atoms with E-state index in [4.69, 9.17) is 14.3 Å². The van der Waals surface area contributed by atoms with E-state index in [0.29, 0.717) is 0 Å². The molecule has 0 fully saturated rings. The second-order valence-corrected chi connectivity index (χ2v) is 7.98. The molecule has 1 aromatic heterocycles. The van der Waals surface area contributed by atoms with Crippen LogP contribution in [0.2, 0.25) is 0 Å². The normalized spacial score (nSPS) is 12.4. The molecule has 28 heavy (non-hydrogen) atoms. The lowest BCUT2D eigenvalue weighted by Crippen LogP contribution is -2.01. The third kappa shape index (κ3) is 5.48. The number of pyridine rings is 1. The Morgan fingerprint density at radius 3 is 2.54 bits per heavy atom. The van der Waals surface area contributed by atoms with Gasteiger partial charge in [-0.25, -0.2) is 9.55 Å². The fraction of sp³-hybridized carbons (Fsp3) is 0.143. The number of carbonyl (C=O) groups excluding carboxylic acids is 1. The molecular weight excluding hydrogens is 417 g/mol. The van der Waals surface area contributed by atoms with E-state index in [1.165, 1.54) is 19.1 Å². The highest BCUT2D eigenvalue weighted by molar-refractivity contribution is 7.85. The molecule has 4 N–H and O–H groups in total. The molecule has 0 saturated carbocycles. The van der Waals surface area contributed by atoms with Crippen LogP contribution in [0.25, 0.3) is 0 Å². The fourth-order valence-electron chi connectivity index (χ4n) is 2.05. The van der Waals surface area contributed by atoms with Crippen molar-refractivity contribution in [3.63, 3.8) is 0 Å². The highest BCUT2D eigenvalue weighted by Crippen LogP contribution is 2.40. The van der Waals surface area contributed by atoms with Crippen molar-refractivity contribution < 1.29 is 41.7 Å². The molecule has 150 valence electrons. The van der Waals surface area contributed by atoms with Crippen LogP contribution in [0.4, 0.5) is 11.5 Å². The predicted octanol–water partition coefficient (Wildman–Crippen LogP) is 2.18. The molecule has 0 spiro atoms. The first-order chi connectivity index (χ1) is 12.9. The van der Waals surface area contributed by atoms with E-state index >= 15 is 0 Å². The van der Waals surface area contributed by atoms with E-state index < -0.39 is 35.2 Å². The van der Waals surface area contributed by atoms with Crippen molar-refractivity contribution >= 4 is 35.7 Å². The number of aldehydes is 1. The molecule has 0 atom stereocenters. The topological polar surface area (TPSA) is 196 Å². The van der Waals surface area contributed by atoms with Gasteiger partial charge in [0.25, 0.3) is 10.1 Å². The minimum Gasteiger partial charge on any atom is -0.505 e. The Hall–Kier alpha value is -2.54. The van der Waals surface area contributed by atoms with Gasteiger partial charge in [0, 0.05) is 5.56 Å². The second-order valence-electron chi connectivity index (χ2n) is 5.32. The average Bonchev–Trinajstić information content (AvgIpc) is 2.59. The van der Waals surface area contributed by atoms with Gasteiger partial charge in [-0.1, -0.05) is 6.07 Å². The molecule has 0 aliphatic heterocycles.